The van der Waals surface area contributed by atoms with Gasteiger partial charge in [0.15, 0.2) is 0 Å². The van der Waals surface area contributed by atoms with E-state index in [1.165, 1.54) is 0 Å². The highest BCUT2D eigenvalue weighted by Crippen LogP contribution is 2.13. The predicted molar refractivity (Wildman–Crippen MR) is 75.1 cm³/mol. The molecule has 1 saturated heterocycles. The maximum absolute atomic E-state index is 12.0. The Hall–Kier alpha value is -0.650. The SMILES string of the molecule is CCCCOCCCNC(=O)C1COCC1NCC. The Morgan fingerprint density at radius 2 is 2.05 bits per heavy atom. The Balaban J connectivity index is 2.07. The van der Waals surface area contributed by atoms with E-state index < -0.39 is 0 Å². The summed E-state index contributed by atoms with van der Waals surface area (Å²) >= 11 is 0. The maximum atomic E-state index is 12.0. The van der Waals surface area contributed by atoms with Crippen molar-refractivity contribution in [1.29, 1.82) is 0 Å². The smallest absolute Gasteiger partial charge is 0.227 e. The van der Waals surface area contributed by atoms with Gasteiger partial charge in [-0.3, -0.25) is 4.79 Å². The number of carbonyl (C=O) groups is 1. The fourth-order valence-corrected chi connectivity index (χ4v) is 2.14. The first kappa shape index (κ1) is 16.4. The third kappa shape index (κ3) is 6.36. The summed E-state index contributed by atoms with van der Waals surface area (Å²) in [7, 11) is 0. The standard InChI is InChI=1S/C14H28N2O3/c1-3-5-8-18-9-6-7-16-14(17)12-10-19-11-13(12)15-4-2/h12-13,15H,3-11H2,1-2H3,(H,16,17). The average Bonchev–Trinajstić information content (AvgIpc) is 2.86. The summed E-state index contributed by atoms with van der Waals surface area (Å²) in [6.45, 7) is 8.43. The molecule has 1 heterocycles. The first-order valence-electron chi connectivity index (χ1n) is 7.46. The topological polar surface area (TPSA) is 59.6 Å². The second kappa shape index (κ2) is 10.2. The van der Waals surface area contributed by atoms with Crippen LogP contribution in [-0.2, 0) is 14.3 Å². The van der Waals surface area contributed by atoms with Crippen LogP contribution < -0.4 is 10.6 Å². The van der Waals surface area contributed by atoms with Gasteiger partial charge in [0.05, 0.1) is 19.1 Å². The lowest BCUT2D eigenvalue weighted by molar-refractivity contribution is -0.125. The largest absolute Gasteiger partial charge is 0.381 e. The first-order chi connectivity index (χ1) is 9.29. The van der Waals surface area contributed by atoms with Crippen molar-refractivity contribution in [1.82, 2.24) is 10.6 Å². The number of carbonyl (C=O) groups excluding carboxylic acids is 1. The van der Waals surface area contributed by atoms with E-state index in [-0.39, 0.29) is 17.9 Å². The minimum atomic E-state index is -0.0547. The van der Waals surface area contributed by atoms with Gasteiger partial charge in [0.1, 0.15) is 0 Å². The van der Waals surface area contributed by atoms with Crippen LogP contribution in [0.3, 0.4) is 0 Å². The van der Waals surface area contributed by atoms with Crippen molar-refractivity contribution >= 4 is 5.91 Å². The summed E-state index contributed by atoms with van der Waals surface area (Å²) in [5.41, 5.74) is 0. The normalized spacial score (nSPS) is 22.6. The van der Waals surface area contributed by atoms with E-state index in [2.05, 4.69) is 17.6 Å². The summed E-state index contributed by atoms with van der Waals surface area (Å²) < 4.78 is 10.8. The van der Waals surface area contributed by atoms with Gasteiger partial charge in [-0.1, -0.05) is 20.3 Å². The van der Waals surface area contributed by atoms with Crippen molar-refractivity contribution in [3.8, 4) is 0 Å². The molecule has 0 bridgehead atoms. The lowest BCUT2D eigenvalue weighted by Crippen LogP contribution is -2.44. The van der Waals surface area contributed by atoms with Gasteiger partial charge in [-0.25, -0.2) is 0 Å². The summed E-state index contributed by atoms with van der Waals surface area (Å²) in [5.74, 6) is 0.0398. The highest BCUT2D eigenvalue weighted by Gasteiger charge is 2.32. The van der Waals surface area contributed by atoms with Crippen LogP contribution >= 0.6 is 0 Å². The van der Waals surface area contributed by atoms with Gasteiger partial charge in [0.25, 0.3) is 0 Å². The van der Waals surface area contributed by atoms with Gasteiger partial charge in [-0.15, -0.1) is 0 Å². The molecule has 2 N–H and O–H groups in total. The Morgan fingerprint density at radius 3 is 2.79 bits per heavy atom. The van der Waals surface area contributed by atoms with E-state index >= 15 is 0 Å². The van der Waals surface area contributed by atoms with E-state index in [0.29, 0.717) is 19.8 Å². The molecular weight excluding hydrogens is 244 g/mol. The van der Waals surface area contributed by atoms with E-state index in [1.807, 2.05) is 6.92 Å². The highest BCUT2D eigenvalue weighted by atomic mass is 16.5. The Kier molecular flexibility index (Phi) is 8.79. The molecule has 0 aromatic carbocycles. The molecule has 1 aliphatic heterocycles. The third-order valence-electron chi connectivity index (χ3n) is 3.29. The van der Waals surface area contributed by atoms with Crippen molar-refractivity contribution in [3.63, 3.8) is 0 Å². The number of unbranched alkanes of at least 4 members (excludes halogenated alkanes) is 1. The second-order valence-corrected chi connectivity index (χ2v) is 4.92. The Labute approximate surface area is 116 Å². The van der Waals surface area contributed by atoms with E-state index in [4.69, 9.17) is 9.47 Å². The molecule has 5 nitrogen and oxygen atoms in total. The van der Waals surface area contributed by atoms with Crippen molar-refractivity contribution in [2.45, 2.75) is 39.2 Å². The summed E-state index contributed by atoms with van der Waals surface area (Å²) in [4.78, 5) is 12.0. The minimum Gasteiger partial charge on any atom is -0.381 e. The molecule has 0 radical (unpaired) electrons. The predicted octanol–water partition coefficient (Wildman–Crippen LogP) is 0.934. The lowest BCUT2D eigenvalue weighted by Gasteiger charge is -2.17. The molecule has 0 saturated carbocycles. The Morgan fingerprint density at radius 1 is 1.26 bits per heavy atom. The minimum absolute atomic E-state index is 0.0547. The van der Waals surface area contributed by atoms with E-state index in [1.54, 1.807) is 0 Å². The second-order valence-electron chi connectivity index (χ2n) is 4.92. The molecule has 2 atom stereocenters. The molecule has 0 aromatic rings. The molecule has 1 rings (SSSR count). The van der Waals surface area contributed by atoms with Crippen molar-refractivity contribution in [2.24, 2.45) is 5.92 Å². The lowest BCUT2D eigenvalue weighted by atomic mass is 10.0. The average molecular weight is 272 g/mol. The van der Waals surface area contributed by atoms with Crippen LogP contribution in [0.4, 0.5) is 0 Å². The summed E-state index contributed by atoms with van der Waals surface area (Å²) in [5, 5.41) is 6.25. The molecule has 0 aliphatic carbocycles. The zero-order valence-electron chi connectivity index (χ0n) is 12.2. The van der Waals surface area contributed by atoms with Crippen LogP contribution in [-0.4, -0.2) is 51.5 Å². The van der Waals surface area contributed by atoms with Gasteiger partial charge in [-0.2, -0.15) is 0 Å². The molecular formula is C14H28N2O3. The fraction of sp³-hybridized carbons (Fsp3) is 0.929. The maximum Gasteiger partial charge on any atom is 0.227 e. The van der Waals surface area contributed by atoms with Crippen LogP contribution in [0.2, 0.25) is 0 Å². The molecule has 1 aliphatic rings. The zero-order valence-corrected chi connectivity index (χ0v) is 12.2. The molecule has 0 aromatic heterocycles. The number of rotatable bonds is 10. The number of hydrogen-bond donors (Lipinski definition) is 2. The number of likely N-dealkylation sites (N-methyl/N-ethyl adjacent to an activating group) is 1. The van der Waals surface area contributed by atoms with Crippen molar-refractivity contribution in [2.75, 3.05) is 39.5 Å². The van der Waals surface area contributed by atoms with Crippen LogP contribution in [0, 0.1) is 5.92 Å². The molecule has 112 valence electrons. The number of ether oxygens (including phenoxy) is 2. The monoisotopic (exact) mass is 272 g/mol. The molecule has 1 fully saturated rings. The first-order valence-corrected chi connectivity index (χ1v) is 7.46. The van der Waals surface area contributed by atoms with Crippen LogP contribution in [0.25, 0.3) is 0 Å². The zero-order chi connectivity index (χ0) is 13.9. The van der Waals surface area contributed by atoms with Crippen LogP contribution in [0.15, 0.2) is 0 Å². The van der Waals surface area contributed by atoms with Gasteiger partial charge in [0.2, 0.25) is 5.91 Å². The van der Waals surface area contributed by atoms with Gasteiger partial charge in [-0.05, 0) is 19.4 Å². The summed E-state index contributed by atoms with van der Waals surface area (Å²) in [6, 6.07) is 0.158. The molecule has 1 amide bonds. The molecule has 19 heavy (non-hydrogen) atoms. The van der Waals surface area contributed by atoms with E-state index in [0.717, 1.165) is 39.0 Å². The number of nitrogens with one attached hydrogen (secondary N) is 2. The van der Waals surface area contributed by atoms with Crippen molar-refractivity contribution < 1.29 is 14.3 Å². The molecule has 5 heteroatoms. The molecule has 0 spiro atoms. The van der Waals surface area contributed by atoms with Gasteiger partial charge in [0, 0.05) is 25.8 Å². The number of amides is 1. The third-order valence-corrected chi connectivity index (χ3v) is 3.29. The highest BCUT2D eigenvalue weighted by molar-refractivity contribution is 5.79. The fourth-order valence-electron chi connectivity index (χ4n) is 2.14. The van der Waals surface area contributed by atoms with Crippen LogP contribution in [0.5, 0.6) is 0 Å². The van der Waals surface area contributed by atoms with Gasteiger partial charge < -0.3 is 20.1 Å². The number of hydrogen-bond acceptors (Lipinski definition) is 4. The summed E-state index contributed by atoms with van der Waals surface area (Å²) in [6.07, 6.45) is 3.13. The quantitative estimate of drug-likeness (QED) is 0.581. The van der Waals surface area contributed by atoms with Gasteiger partial charge >= 0.3 is 0 Å². The molecule has 2 unspecified atom stereocenters. The van der Waals surface area contributed by atoms with Crippen LogP contribution in [0.1, 0.15) is 33.1 Å². The Bertz CT molecular complexity index is 249. The van der Waals surface area contributed by atoms with Crippen molar-refractivity contribution in [3.05, 3.63) is 0 Å². The van der Waals surface area contributed by atoms with E-state index in [9.17, 15) is 4.79 Å².